The molecule has 0 spiro atoms. The highest BCUT2D eigenvalue weighted by atomic mass is 15.3. The van der Waals surface area contributed by atoms with Crippen LogP contribution in [0.2, 0.25) is 0 Å². The van der Waals surface area contributed by atoms with Crippen LogP contribution in [0.5, 0.6) is 0 Å². The summed E-state index contributed by atoms with van der Waals surface area (Å²) in [6, 6.07) is 31.6. The van der Waals surface area contributed by atoms with Crippen LogP contribution in [0, 0.1) is 0 Å². The van der Waals surface area contributed by atoms with Crippen molar-refractivity contribution in [3.8, 4) is 0 Å². The molecule has 4 aromatic carbocycles. The second-order valence-electron chi connectivity index (χ2n) is 6.16. The molecule has 2 nitrogen and oxygen atoms in total. The van der Waals surface area contributed by atoms with Gasteiger partial charge in [0.1, 0.15) is 0 Å². The molecule has 0 saturated carbocycles. The van der Waals surface area contributed by atoms with Crippen molar-refractivity contribution in [2.24, 2.45) is 5.10 Å². The fourth-order valence-electron chi connectivity index (χ4n) is 3.51. The zero-order valence-electron chi connectivity index (χ0n) is 13.6. The smallest absolute Gasteiger partial charge is 0.0732 e. The summed E-state index contributed by atoms with van der Waals surface area (Å²) in [6.07, 6.45) is 1.96. The quantitative estimate of drug-likeness (QED) is 0.364. The van der Waals surface area contributed by atoms with Gasteiger partial charge in [-0.05, 0) is 22.9 Å². The number of rotatable bonds is 2. The van der Waals surface area contributed by atoms with Crippen molar-refractivity contribution in [1.82, 2.24) is 4.68 Å². The van der Waals surface area contributed by atoms with E-state index in [-0.39, 0.29) is 0 Å². The monoisotopic (exact) mass is 320 g/mol. The first kappa shape index (κ1) is 14.0. The Balaban J connectivity index is 1.74. The Labute approximate surface area is 145 Å². The van der Waals surface area contributed by atoms with Crippen molar-refractivity contribution in [3.05, 3.63) is 96.6 Å². The molecule has 0 fully saturated rings. The fourth-order valence-corrected chi connectivity index (χ4v) is 3.51. The number of hydrogen-bond acceptors (Lipinski definition) is 1. The van der Waals surface area contributed by atoms with Gasteiger partial charge in [0.2, 0.25) is 0 Å². The lowest BCUT2D eigenvalue weighted by molar-refractivity contribution is 0.975. The van der Waals surface area contributed by atoms with Gasteiger partial charge in [0.25, 0.3) is 0 Å². The molecule has 0 atom stereocenters. The van der Waals surface area contributed by atoms with Gasteiger partial charge in [-0.2, -0.15) is 5.10 Å². The van der Waals surface area contributed by atoms with Crippen molar-refractivity contribution >= 4 is 38.8 Å². The number of nitrogens with zero attached hydrogens (tertiary/aromatic N) is 2. The Kier molecular flexibility index (Phi) is 3.14. The van der Waals surface area contributed by atoms with Crippen LogP contribution in [0.15, 0.2) is 96.1 Å². The van der Waals surface area contributed by atoms with Crippen LogP contribution in [0.1, 0.15) is 5.56 Å². The van der Waals surface area contributed by atoms with Crippen LogP contribution < -0.4 is 0 Å². The predicted octanol–water partition coefficient (Wildman–Crippen LogP) is 5.83. The average molecular weight is 320 g/mol. The van der Waals surface area contributed by atoms with E-state index in [0.717, 1.165) is 16.6 Å². The van der Waals surface area contributed by atoms with Gasteiger partial charge in [-0.15, -0.1) is 0 Å². The molecule has 0 aliphatic rings. The van der Waals surface area contributed by atoms with E-state index < -0.39 is 0 Å². The largest absolute Gasteiger partial charge is 0.232 e. The van der Waals surface area contributed by atoms with Crippen molar-refractivity contribution in [3.63, 3.8) is 0 Å². The maximum atomic E-state index is 4.83. The minimum absolute atomic E-state index is 1.12. The highest BCUT2D eigenvalue weighted by Gasteiger charge is 2.08. The third kappa shape index (κ3) is 2.23. The van der Waals surface area contributed by atoms with Crippen LogP contribution >= 0.6 is 0 Å². The summed E-state index contributed by atoms with van der Waals surface area (Å²) in [5.41, 5.74) is 3.38. The van der Waals surface area contributed by atoms with Crippen LogP contribution in [0.3, 0.4) is 0 Å². The van der Waals surface area contributed by atoms with E-state index in [1.807, 2.05) is 10.9 Å². The molecule has 25 heavy (non-hydrogen) atoms. The van der Waals surface area contributed by atoms with Gasteiger partial charge in [0.05, 0.1) is 17.2 Å². The summed E-state index contributed by atoms with van der Waals surface area (Å²) in [5, 5.41) is 9.74. The SMILES string of the molecule is C(=N/n1c2ccccc2c2ccccc21)/c1cccc2ccccc12. The molecule has 5 aromatic rings. The van der Waals surface area contributed by atoms with E-state index in [9.17, 15) is 0 Å². The lowest BCUT2D eigenvalue weighted by Crippen LogP contribution is -1.91. The third-order valence-corrected chi connectivity index (χ3v) is 4.69. The maximum Gasteiger partial charge on any atom is 0.0732 e. The number of hydrogen-bond donors (Lipinski definition) is 0. The topological polar surface area (TPSA) is 17.3 Å². The van der Waals surface area contributed by atoms with E-state index >= 15 is 0 Å². The highest BCUT2D eigenvalue weighted by molar-refractivity contribution is 6.08. The number of aromatic nitrogens is 1. The molecule has 0 aliphatic carbocycles. The molecule has 0 saturated heterocycles. The second-order valence-corrected chi connectivity index (χ2v) is 6.16. The van der Waals surface area contributed by atoms with E-state index in [4.69, 9.17) is 5.10 Å². The molecular formula is C23H16N2. The lowest BCUT2D eigenvalue weighted by Gasteiger charge is -2.03. The molecule has 1 heterocycles. The molecule has 2 heteroatoms. The summed E-state index contributed by atoms with van der Waals surface area (Å²) >= 11 is 0. The Bertz CT molecular complexity index is 1190. The summed E-state index contributed by atoms with van der Waals surface area (Å²) in [6.45, 7) is 0. The van der Waals surface area contributed by atoms with Gasteiger partial charge in [0, 0.05) is 16.3 Å². The Hall–Kier alpha value is -3.39. The van der Waals surface area contributed by atoms with E-state index in [2.05, 4.69) is 91.0 Å². The predicted molar refractivity (Wildman–Crippen MR) is 106 cm³/mol. The zero-order chi connectivity index (χ0) is 16.6. The lowest BCUT2D eigenvalue weighted by atomic mass is 10.1. The fraction of sp³-hybridized carbons (Fsp3) is 0. The van der Waals surface area contributed by atoms with Crippen molar-refractivity contribution in [1.29, 1.82) is 0 Å². The molecule has 0 N–H and O–H groups in total. The van der Waals surface area contributed by atoms with Gasteiger partial charge < -0.3 is 0 Å². The molecular weight excluding hydrogens is 304 g/mol. The molecule has 0 amide bonds. The van der Waals surface area contributed by atoms with E-state index in [0.29, 0.717) is 0 Å². The van der Waals surface area contributed by atoms with E-state index in [1.54, 1.807) is 0 Å². The van der Waals surface area contributed by atoms with Crippen molar-refractivity contribution in [2.45, 2.75) is 0 Å². The van der Waals surface area contributed by atoms with Gasteiger partial charge >= 0.3 is 0 Å². The summed E-state index contributed by atoms with van der Waals surface area (Å²) in [5.74, 6) is 0. The molecule has 0 bridgehead atoms. The van der Waals surface area contributed by atoms with Gasteiger partial charge in [-0.1, -0.05) is 78.9 Å². The first-order valence-corrected chi connectivity index (χ1v) is 8.42. The Morgan fingerprint density at radius 1 is 0.560 bits per heavy atom. The van der Waals surface area contributed by atoms with Crippen LogP contribution in [0.4, 0.5) is 0 Å². The second kappa shape index (κ2) is 5.60. The molecule has 0 unspecified atom stereocenters. The Morgan fingerprint density at radius 3 is 1.84 bits per heavy atom. The number of benzene rings is 4. The first-order chi connectivity index (χ1) is 12.4. The average Bonchev–Trinajstić information content (AvgIpc) is 3.00. The molecule has 0 radical (unpaired) electrons. The zero-order valence-corrected chi connectivity index (χ0v) is 13.6. The third-order valence-electron chi connectivity index (χ3n) is 4.69. The minimum atomic E-state index is 1.12. The first-order valence-electron chi connectivity index (χ1n) is 8.42. The van der Waals surface area contributed by atoms with E-state index in [1.165, 1.54) is 21.5 Å². The van der Waals surface area contributed by atoms with Crippen molar-refractivity contribution in [2.75, 3.05) is 0 Å². The van der Waals surface area contributed by atoms with Crippen molar-refractivity contribution < 1.29 is 0 Å². The standard InChI is InChI=1S/C23H16N2/c1-2-11-19-17(8-1)9-7-10-18(19)16-24-25-22-14-5-3-12-20(22)21-13-4-6-15-23(21)25/h1-16H/b24-16-. The minimum Gasteiger partial charge on any atom is -0.232 e. The van der Waals surface area contributed by atoms with Crippen LogP contribution in [0.25, 0.3) is 32.6 Å². The van der Waals surface area contributed by atoms with Gasteiger partial charge in [-0.3, -0.25) is 0 Å². The van der Waals surface area contributed by atoms with Crippen LogP contribution in [-0.4, -0.2) is 10.9 Å². The summed E-state index contributed by atoms with van der Waals surface area (Å²) < 4.78 is 2.03. The Morgan fingerprint density at radius 2 is 1.12 bits per heavy atom. The molecule has 1 aromatic heterocycles. The summed E-state index contributed by atoms with van der Waals surface area (Å²) in [4.78, 5) is 0. The number of para-hydroxylation sites is 2. The molecule has 0 aliphatic heterocycles. The highest BCUT2D eigenvalue weighted by Crippen LogP contribution is 2.28. The van der Waals surface area contributed by atoms with Gasteiger partial charge in [0.15, 0.2) is 0 Å². The molecule has 5 rings (SSSR count). The summed E-state index contributed by atoms with van der Waals surface area (Å²) in [7, 11) is 0. The van der Waals surface area contributed by atoms with Crippen LogP contribution in [-0.2, 0) is 0 Å². The maximum absolute atomic E-state index is 4.83. The normalized spacial score (nSPS) is 11.8. The number of fused-ring (bicyclic) bond motifs is 4. The van der Waals surface area contributed by atoms with Gasteiger partial charge in [-0.25, -0.2) is 4.68 Å². The molecule has 118 valence electrons.